The van der Waals surface area contributed by atoms with Gasteiger partial charge in [0.15, 0.2) is 0 Å². The molecule has 222 valence electrons. The quantitative estimate of drug-likeness (QED) is 0.500. The number of rotatable bonds is 5. The van der Waals surface area contributed by atoms with Crippen molar-refractivity contribution in [3.05, 3.63) is 70.0 Å². The van der Waals surface area contributed by atoms with E-state index in [4.69, 9.17) is 9.94 Å². The number of likely N-dealkylation sites (tertiary alicyclic amines) is 1. The van der Waals surface area contributed by atoms with Crippen molar-refractivity contribution in [2.45, 2.75) is 85.3 Å². The average Bonchev–Trinajstić information content (AvgIpc) is 3.53. The second-order valence-electron chi connectivity index (χ2n) is 12.1. The summed E-state index contributed by atoms with van der Waals surface area (Å²) in [6.07, 6.45) is 3.84. The number of hydrogen-bond donors (Lipinski definition) is 1. The predicted molar refractivity (Wildman–Crippen MR) is 160 cm³/mol. The van der Waals surface area contributed by atoms with Gasteiger partial charge < -0.3 is 5.11 Å². The highest BCUT2D eigenvalue weighted by Crippen LogP contribution is 2.35. The molecular formula is C33H50FN3O3. The molecule has 0 aromatic heterocycles. The summed E-state index contributed by atoms with van der Waals surface area (Å²) >= 11 is 0. The summed E-state index contributed by atoms with van der Waals surface area (Å²) in [6.45, 7) is 18.8. The maximum absolute atomic E-state index is 14.7. The number of hydroxylamine groups is 2. The maximum atomic E-state index is 14.7. The Kier molecular flexibility index (Phi) is 11.7. The van der Waals surface area contributed by atoms with Gasteiger partial charge >= 0.3 is 5.97 Å². The number of nitrogens with zero attached hydrogens (tertiary/aromatic N) is 3. The molecule has 0 saturated carbocycles. The van der Waals surface area contributed by atoms with Crippen molar-refractivity contribution in [3.63, 3.8) is 0 Å². The fraction of sp³-hybridized carbons (Fsp3) is 0.606. The van der Waals surface area contributed by atoms with E-state index in [1.807, 2.05) is 42.9 Å². The van der Waals surface area contributed by atoms with E-state index in [1.54, 1.807) is 17.2 Å². The maximum Gasteiger partial charge on any atom is 0.317 e. The van der Waals surface area contributed by atoms with Crippen LogP contribution in [0.25, 0.3) is 0 Å². The number of fused-ring (bicyclic) bond motifs is 1. The molecule has 2 aliphatic heterocycles. The number of carboxylic acid groups (broad SMARTS) is 1. The molecule has 2 aromatic rings. The van der Waals surface area contributed by atoms with Gasteiger partial charge in [-0.2, -0.15) is 5.06 Å². The first-order valence-corrected chi connectivity index (χ1v) is 14.9. The number of halogens is 1. The highest BCUT2D eigenvalue weighted by Gasteiger charge is 2.41. The summed E-state index contributed by atoms with van der Waals surface area (Å²) in [5, 5.41) is 10.9. The van der Waals surface area contributed by atoms with E-state index in [0.717, 1.165) is 18.7 Å². The van der Waals surface area contributed by atoms with Crippen LogP contribution >= 0.6 is 0 Å². The first-order chi connectivity index (χ1) is 19.0. The van der Waals surface area contributed by atoms with Crippen molar-refractivity contribution in [1.82, 2.24) is 14.9 Å². The lowest BCUT2D eigenvalue weighted by molar-refractivity contribution is -0.212. The topological polar surface area (TPSA) is 56.2 Å². The van der Waals surface area contributed by atoms with Gasteiger partial charge in [0.2, 0.25) is 0 Å². The minimum atomic E-state index is -0.805. The molecule has 6 nitrogen and oxygen atoms in total. The molecule has 2 fully saturated rings. The zero-order valence-electron chi connectivity index (χ0n) is 25.7. The summed E-state index contributed by atoms with van der Waals surface area (Å²) in [5.41, 5.74) is 6.18. The van der Waals surface area contributed by atoms with E-state index in [2.05, 4.69) is 50.8 Å². The minimum absolute atomic E-state index is 0.0162. The second-order valence-corrected chi connectivity index (χ2v) is 12.1. The molecule has 2 atom stereocenters. The van der Waals surface area contributed by atoms with Gasteiger partial charge in [-0.3, -0.25) is 19.4 Å². The van der Waals surface area contributed by atoms with Gasteiger partial charge in [-0.05, 0) is 82.2 Å². The van der Waals surface area contributed by atoms with Crippen LogP contribution < -0.4 is 0 Å². The molecule has 0 radical (unpaired) electrons. The van der Waals surface area contributed by atoms with E-state index < -0.39 is 5.97 Å². The lowest BCUT2D eigenvalue weighted by Gasteiger charge is -2.36. The molecule has 5 rings (SSSR count). The lowest BCUT2D eigenvalue weighted by atomic mass is 9.94. The molecule has 1 unspecified atom stereocenters. The highest BCUT2D eigenvalue weighted by molar-refractivity contribution is 5.69. The Morgan fingerprint density at radius 1 is 0.950 bits per heavy atom. The van der Waals surface area contributed by atoms with Crippen LogP contribution in [0.4, 0.5) is 4.39 Å². The molecule has 40 heavy (non-hydrogen) atoms. The van der Waals surface area contributed by atoms with E-state index >= 15 is 0 Å². The molecule has 2 heterocycles. The number of carboxylic acids is 1. The predicted octanol–water partition coefficient (Wildman–Crippen LogP) is 5.84. The largest absolute Gasteiger partial charge is 0.480 e. The molecule has 0 bridgehead atoms. The van der Waals surface area contributed by atoms with Gasteiger partial charge in [-0.1, -0.05) is 49.7 Å². The Labute approximate surface area is 241 Å². The Bertz CT molecular complexity index is 1110. The van der Waals surface area contributed by atoms with Crippen LogP contribution in [0, 0.1) is 19.7 Å². The van der Waals surface area contributed by atoms with Crippen LogP contribution in [0.2, 0.25) is 0 Å². The van der Waals surface area contributed by atoms with Crippen molar-refractivity contribution in [3.8, 4) is 0 Å². The lowest BCUT2D eigenvalue weighted by Crippen LogP contribution is -2.49. The van der Waals surface area contributed by atoms with Crippen LogP contribution in [-0.4, -0.2) is 83.4 Å². The summed E-state index contributed by atoms with van der Waals surface area (Å²) in [4.78, 5) is 21.5. The van der Waals surface area contributed by atoms with E-state index in [1.165, 1.54) is 24.8 Å². The summed E-state index contributed by atoms with van der Waals surface area (Å²) in [7, 11) is 0. The van der Waals surface area contributed by atoms with Crippen LogP contribution in [0.1, 0.15) is 74.8 Å². The molecule has 3 aliphatic rings. The first kappa shape index (κ1) is 32.2. The molecular weight excluding hydrogens is 505 g/mol. The highest BCUT2D eigenvalue weighted by atomic mass is 19.1. The van der Waals surface area contributed by atoms with Crippen LogP contribution in [0.3, 0.4) is 0 Å². The Morgan fingerprint density at radius 3 is 2.20 bits per heavy atom. The minimum Gasteiger partial charge on any atom is -0.480 e. The standard InChI is InChI=1S/C21H32FN3O3.C10H12.C2H6/c1-15-5-6-16(18(22)11-15)17-12-24(21(2,3)4)13-19(17)28-25-9-7-23(8-10-25)14-20(26)27;1-8-5-6-9-3-2-4-10(9)7-8;1-2/h5-6,11,17,19H,7-10,12-14H2,1-4H3,(H,26,27);5-7H,2-4H2,1H3;1-2H3/t17-,19?;;/m0../s1. The van der Waals surface area contributed by atoms with E-state index in [9.17, 15) is 9.18 Å². The van der Waals surface area contributed by atoms with Gasteiger partial charge in [0.1, 0.15) is 11.9 Å². The van der Waals surface area contributed by atoms with Crippen molar-refractivity contribution < 1.29 is 19.1 Å². The van der Waals surface area contributed by atoms with Crippen LogP contribution in [-0.2, 0) is 22.5 Å². The number of aliphatic carboxylic acids is 1. The number of hydrogen-bond acceptors (Lipinski definition) is 5. The van der Waals surface area contributed by atoms with E-state index in [-0.39, 0.29) is 29.9 Å². The molecule has 2 aromatic carbocycles. The molecule has 2 saturated heterocycles. The second kappa shape index (κ2) is 14.5. The number of piperazine rings is 1. The third-order valence-corrected chi connectivity index (χ3v) is 8.00. The molecule has 0 spiro atoms. The molecule has 7 heteroatoms. The smallest absolute Gasteiger partial charge is 0.317 e. The van der Waals surface area contributed by atoms with Gasteiger partial charge in [0, 0.05) is 50.7 Å². The third-order valence-electron chi connectivity index (χ3n) is 8.00. The molecule has 1 aliphatic carbocycles. The third kappa shape index (κ3) is 8.84. The molecule has 1 N–H and O–H groups in total. The van der Waals surface area contributed by atoms with E-state index in [0.29, 0.717) is 31.7 Å². The van der Waals surface area contributed by atoms with Crippen LogP contribution in [0.15, 0.2) is 36.4 Å². The van der Waals surface area contributed by atoms with Crippen molar-refractivity contribution >= 4 is 5.97 Å². The van der Waals surface area contributed by atoms with Gasteiger partial charge in [-0.25, -0.2) is 4.39 Å². The number of aryl methyl sites for hydroxylation is 4. The average molecular weight is 556 g/mol. The zero-order chi connectivity index (χ0) is 29.4. The summed E-state index contributed by atoms with van der Waals surface area (Å²) in [5.74, 6) is -1.00. The number of carbonyl (C=O) groups is 1. The first-order valence-electron chi connectivity index (χ1n) is 14.9. The summed E-state index contributed by atoms with van der Waals surface area (Å²) in [6, 6.07) is 12.3. The fourth-order valence-electron chi connectivity index (χ4n) is 5.74. The molecule has 0 amide bonds. The van der Waals surface area contributed by atoms with Crippen molar-refractivity contribution in [2.75, 3.05) is 45.8 Å². The van der Waals surface area contributed by atoms with Crippen LogP contribution in [0.5, 0.6) is 0 Å². The fourth-order valence-corrected chi connectivity index (χ4v) is 5.74. The zero-order valence-corrected chi connectivity index (χ0v) is 25.7. The Balaban J connectivity index is 0.000000304. The van der Waals surface area contributed by atoms with Crippen molar-refractivity contribution in [2.24, 2.45) is 0 Å². The monoisotopic (exact) mass is 555 g/mol. The SMILES string of the molecule is CC.Cc1ccc([C@@H]2CN(C(C)(C)C)CC2ON2CCN(CC(=O)O)CC2)c(F)c1.Cc1ccc2c(c1)CCC2. The Morgan fingerprint density at radius 2 is 1.57 bits per heavy atom. The summed E-state index contributed by atoms with van der Waals surface area (Å²) < 4.78 is 14.7. The Hall–Kier alpha value is -2.32. The van der Waals surface area contributed by atoms with Gasteiger partial charge in [0.25, 0.3) is 0 Å². The van der Waals surface area contributed by atoms with Crippen molar-refractivity contribution in [1.29, 1.82) is 0 Å². The van der Waals surface area contributed by atoms with Gasteiger partial charge in [-0.15, -0.1) is 0 Å². The number of benzene rings is 2. The van der Waals surface area contributed by atoms with Gasteiger partial charge in [0.05, 0.1) is 6.54 Å². The normalized spacial score (nSPS) is 21.7.